The summed E-state index contributed by atoms with van der Waals surface area (Å²) in [5, 5.41) is 0. The monoisotopic (exact) mass is 414 g/mol. The van der Waals surface area contributed by atoms with Crippen LogP contribution < -0.4 is 0 Å². The molecule has 0 bridgehead atoms. The van der Waals surface area contributed by atoms with Gasteiger partial charge in [0.15, 0.2) is 0 Å². The maximum atomic E-state index is 14.5. The molecule has 0 aromatic heterocycles. The minimum absolute atomic E-state index is 0.229. The van der Waals surface area contributed by atoms with Crippen LogP contribution in [0.2, 0.25) is 0 Å². The first kappa shape index (κ1) is 17.1. The summed E-state index contributed by atoms with van der Waals surface area (Å²) in [6.07, 6.45) is -3.09. The minimum Gasteiger partial charge on any atom is -0.169 e. The number of hydrogen-bond donors (Lipinski definition) is 0. The summed E-state index contributed by atoms with van der Waals surface area (Å²) in [6.45, 7) is 0. The molecular weight excluding hydrogens is 401 g/mol. The molecule has 0 amide bonds. The molecular formula is C22H14BrF3. The molecule has 3 aromatic rings. The summed E-state index contributed by atoms with van der Waals surface area (Å²) >= 11 is 3.38. The Morgan fingerprint density at radius 1 is 0.731 bits per heavy atom. The fourth-order valence-electron chi connectivity index (χ4n) is 3.64. The number of benzene rings is 3. The van der Waals surface area contributed by atoms with Crippen molar-refractivity contribution in [1.82, 2.24) is 0 Å². The molecule has 3 aromatic carbocycles. The van der Waals surface area contributed by atoms with Gasteiger partial charge in [0.1, 0.15) is 5.41 Å². The van der Waals surface area contributed by atoms with Crippen molar-refractivity contribution in [2.75, 3.05) is 0 Å². The van der Waals surface area contributed by atoms with Gasteiger partial charge in [-0.15, -0.1) is 0 Å². The van der Waals surface area contributed by atoms with E-state index in [1.165, 1.54) is 6.08 Å². The summed E-state index contributed by atoms with van der Waals surface area (Å²) in [7, 11) is 0. The average Bonchev–Trinajstić information content (AvgIpc) is 3.00. The van der Waals surface area contributed by atoms with E-state index >= 15 is 0 Å². The molecule has 130 valence electrons. The third-order valence-corrected chi connectivity index (χ3v) is 5.36. The number of fused-ring (bicyclic) bond motifs is 1. The number of rotatable bonds is 2. The number of hydrogen-bond acceptors (Lipinski definition) is 0. The predicted octanol–water partition coefficient (Wildman–Crippen LogP) is 6.74. The Labute approximate surface area is 158 Å². The molecule has 0 radical (unpaired) electrons. The van der Waals surface area contributed by atoms with Gasteiger partial charge >= 0.3 is 6.18 Å². The Morgan fingerprint density at radius 3 is 2.00 bits per heavy atom. The summed E-state index contributed by atoms with van der Waals surface area (Å²) in [5.74, 6) is 0. The quantitative estimate of drug-likeness (QED) is 0.435. The number of alkyl halides is 3. The molecule has 0 heterocycles. The van der Waals surface area contributed by atoms with Gasteiger partial charge in [0.2, 0.25) is 0 Å². The van der Waals surface area contributed by atoms with Crippen molar-refractivity contribution in [3.63, 3.8) is 0 Å². The van der Waals surface area contributed by atoms with Crippen molar-refractivity contribution in [1.29, 1.82) is 0 Å². The Kier molecular flexibility index (Phi) is 4.03. The molecule has 4 rings (SSSR count). The van der Waals surface area contributed by atoms with E-state index in [2.05, 4.69) is 15.9 Å². The predicted molar refractivity (Wildman–Crippen MR) is 101 cm³/mol. The molecule has 0 saturated carbocycles. The van der Waals surface area contributed by atoms with Crippen LogP contribution in [0.15, 0.2) is 89.4 Å². The van der Waals surface area contributed by atoms with Crippen molar-refractivity contribution in [3.8, 4) is 0 Å². The second kappa shape index (κ2) is 6.13. The van der Waals surface area contributed by atoms with E-state index in [4.69, 9.17) is 0 Å². The zero-order valence-corrected chi connectivity index (χ0v) is 15.2. The molecule has 26 heavy (non-hydrogen) atoms. The molecule has 0 N–H and O–H groups in total. The fraction of sp³-hybridized carbons (Fsp3) is 0.0909. The highest BCUT2D eigenvalue weighted by molar-refractivity contribution is 9.10. The first-order valence-corrected chi connectivity index (χ1v) is 8.94. The second-order valence-corrected chi connectivity index (χ2v) is 7.20. The van der Waals surface area contributed by atoms with Gasteiger partial charge in [0.25, 0.3) is 0 Å². The van der Waals surface area contributed by atoms with Crippen molar-refractivity contribution in [3.05, 3.63) is 112 Å². The average molecular weight is 415 g/mol. The fourth-order valence-corrected chi connectivity index (χ4v) is 3.90. The minimum atomic E-state index is -4.46. The van der Waals surface area contributed by atoms with Crippen LogP contribution in [0.4, 0.5) is 13.2 Å². The largest absolute Gasteiger partial charge is 0.405 e. The lowest BCUT2D eigenvalue weighted by Gasteiger charge is -2.32. The normalized spacial score (nSPS) is 19.2. The van der Waals surface area contributed by atoms with Crippen LogP contribution in [-0.4, -0.2) is 6.18 Å². The van der Waals surface area contributed by atoms with E-state index in [1.807, 2.05) is 24.3 Å². The molecule has 1 aliphatic rings. The Balaban J connectivity index is 2.04. The SMILES string of the molecule is FC(F)(F)C1(c2ccccc2)C=C(c2ccc(Br)cc2)c2ccccc21. The van der Waals surface area contributed by atoms with Crippen LogP contribution in [0.25, 0.3) is 5.57 Å². The molecule has 0 nitrogen and oxygen atoms in total. The molecule has 0 saturated heterocycles. The van der Waals surface area contributed by atoms with E-state index in [1.54, 1.807) is 54.6 Å². The van der Waals surface area contributed by atoms with Gasteiger partial charge in [-0.25, -0.2) is 0 Å². The summed E-state index contributed by atoms with van der Waals surface area (Å²) in [4.78, 5) is 0. The van der Waals surface area contributed by atoms with E-state index in [0.29, 0.717) is 11.1 Å². The third-order valence-electron chi connectivity index (χ3n) is 4.83. The van der Waals surface area contributed by atoms with Crippen LogP contribution in [-0.2, 0) is 5.41 Å². The van der Waals surface area contributed by atoms with Crippen molar-refractivity contribution < 1.29 is 13.2 Å². The molecule has 0 spiro atoms. The zero-order chi connectivity index (χ0) is 18.4. The Bertz CT molecular complexity index is 972. The van der Waals surface area contributed by atoms with Crippen molar-refractivity contribution in [2.45, 2.75) is 11.6 Å². The van der Waals surface area contributed by atoms with Crippen LogP contribution in [0.3, 0.4) is 0 Å². The van der Waals surface area contributed by atoms with Gasteiger partial charge in [-0.1, -0.05) is 88.7 Å². The first-order valence-electron chi connectivity index (χ1n) is 8.14. The molecule has 1 aliphatic carbocycles. The smallest absolute Gasteiger partial charge is 0.169 e. The zero-order valence-electron chi connectivity index (χ0n) is 13.6. The van der Waals surface area contributed by atoms with Crippen molar-refractivity contribution in [2.24, 2.45) is 0 Å². The van der Waals surface area contributed by atoms with E-state index in [9.17, 15) is 13.2 Å². The number of allylic oxidation sites excluding steroid dienone is 1. The highest BCUT2D eigenvalue weighted by atomic mass is 79.9. The summed E-state index contributed by atoms with van der Waals surface area (Å²) in [5.41, 5.74) is 0.351. The maximum absolute atomic E-state index is 14.5. The maximum Gasteiger partial charge on any atom is 0.405 e. The Hall–Kier alpha value is -2.33. The van der Waals surface area contributed by atoms with E-state index in [0.717, 1.165) is 10.0 Å². The Morgan fingerprint density at radius 2 is 1.35 bits per heavy atom. The van der Waals surface area contributed by atoms with Gasteiger partial charge in [-0.05, 0) is 40.0 Å². The lowest BCUT2D eigenvalue weighted by molar-refractivity contribution is -0.163. The molecule has 4 heteroatoms. The van der Waals surface area contributed by atoms with Gasteiger partial charge in [0, 0.05) is 4.47 Å². The summed E-state index contributed by atoms with van der Waals surface area (Å²) in [6, 6.07) is 22.3. The van der Waals surface area contributed by atoms with Gasteiger partial charge in [-0.2, -0.15) is 13.2 Å². The van der Waals surface area contributed by atoms with Gasteiger partial charge < -0.3 is 0 Å². The molecule has 1 unspecified atom stereocenters. The molecule has 0 fully saturated rings. The van der Waals surface area contributed by atoms with Crippen LogP contribution >= 0.6 is 15.9 Å². The molecule has 0 aliphatic heterocycles. The van der Waals surface area contributed by atoms with Crippen LogP contribution in [0.5, 0.6) is 0 Å². The lowest BCUT2D eigenvalue weighted by Crippen LogP contribution is -2.40. The highest BCUT2D eigenvalue weighted by Crippen LogP contribution is 2.55. The number of halogens is 4. The van der Waals surface area contributed by atoms with Gasteiger partial charge in [-0.3, -0.25) is 0 Å². The highest BCUT2D eigenvalue weighted by Gasteiger charge is 2.59. The second-order valence-electron chi connectivity index (χ2n) is 6.28. The standard InChI is InChI=1S/C22H14BrF3/c23-17-12-10-15(11-13-17)19-14-21(22(24,25)26,16-6-2-1-3-7-16)20-9-5-4-8-18(19)20/h1-14H. The van der Waals surface area contributed by atoms with Gasteiger partial charge in [0.05, 0.1) is 0 Å². The summed E-state index contributed by atoms with van der Waals surface area (Å²) < 4.78 is 44.3. The van der Waals surface area contributed by atoms with E-state index < -0.39 is 11.6 Å². The van der Waals surface area contributed by atoms with Crippen LogP contribution in [0, 0.1) is 0 Å². The lowest BCUT2D eigenvalue weighted by atomic mass is 9.75. The first-order chi connectivity index (χ1) is 12.4. The topological polar surface area (TPSA) is 0 Å². The van der Waals surface area contributed by atoms with Crippen LogP contribution in [0.1, 0.15) is 22.3 Å². The van der Waals surface area contributed by atoms with E-state index in [-0.39, 0.29) is 11.1 Å². The molecule has 1 atom stereocenters. The third kappa shape index (κ3) is 2.52. The van der Waals surface area contributed by atoms with Crippen molar-refractivity contribution >= 4 is 21.5 Å².